The van der Waals surface area contributed by atoms with Gasteiger partial charge in [0.1, 0.15) is 0 Å². The highest BCUT2D eigenvalue weighted by atomic mass is 32.2. The number of hydrogen-bond donors (Lipinski definition) is 1. The summed E-state index contributed by atoms with van der Waals surface area (Å²) in [5.41, 5.74) is 1.22. The number of nitrogens with one attached hydrogen (secondary N) is 1. The van der Waals surface area contributed by atoms with E-state index < -0.39 is 0 Å². The van der Waals surface area contributed by atoms with Gasteiger partial charge in [0.25, 0.3) is 0 Å². The van der Waals surface area contributed by atoms with Crippen molar-refractivity contribution in [2.75, 3.05) is 12.3 Å². The van der Waals surface area contributed by atoms with Crippen LogP contribution in [0.3, 0.4) is 0 Å². The molecular formula is C11H15NOS. The van der Waals surface area contributed by atoms with Crippen molar-refractivity contribution in [3.63, 3.8) is 0 Å². The highest BCUT2D eigenvalue weighted by Crippen LogP contribution is 2.21. The molecule has 76 valence electrons. The van der Waals surface area contributed by atoms with Gasteiger partial charge in [0.15, 0.2) is 0 Å². The van der Waals surface area contributed by atoms with Gasteiger partial charge in [-0.1, -0.05) is 18.2 Å². The maximum atomic E-state index is 11.2. The van der Waals surface area contributed by atoms with Crippen molar-refractivity contribution >= 4 is 17.7 Å². The molecule has 1 aromatic rings. The summed E-state index contributed by atoms with van der Waals surface area (Å²) in [4.78, 5) is 12.4. The van der Waals surface area contributed by atoms with Gasteiger partial charge < -0.3 is 5.32 Å². The molecular weight excluding hydrogens is 194 g/mol. The minimum absolute atomic E-state index is 0.0979. The van der Waals surface area contributed by atoms with Crippen LogP contribution in [0.4, 0.5) is 0 Å². The Labute approximate surface area is 89.1 Å². The lowest BCUT2D eigenvalue weighted by molar-refractivity contribution is -0.118. The predicted octanol–water partition coefficient (Wildman–Crippen LogP) is 2.22. The zero-order valence-electron chi connectivity index (χ0n) is 8.54. The molecule has 0 saturated heterocycles. The summed E-state index contributed by atoms with van der Waals surface area (Å²) in [5.74, 6) is 0.597. The first-order valence-electron chi connectivity index (χ1n) is 4.69. The third-order valence-corrected chi connectivity index (χ3v) is 3.00. The average molecular weight is 209 g/mol. The molecule has 1 N–H and O–H groups in total. The minimum Gasteiger partial charge on any atom is -0.356 e. The van der Waals surface area contributed by atoms with Gasteiger partial charge >= 0.3 is 0 Å². The normalized spacial score (nSPS) is 9.86. The van der Waals surface area contributed by atoms with E-state index >= 15 is 0 Å². The van der Waals surface area contributed by atoms with Crippen molar-refractivity contribution in [1.29, 1.82) is 0 Å². The van der Waals surface area contributed by atoms with Crippen molar-refractivity contribution in [3.05, 3.63) is 29.8 Å². The first kappa shape index (κ1) is 11.1. The zero-order valence-corrected chi connectivity index (χ0v) is 9.36. The lowest BCUT2D eigenvalue weighted by atomic mass is 10.2. The fourth-order valence-corrected chi connectivity index (χ4v) is 1.97. The summed E-state index contributed by atoms with van der Waals surface area (Å²) >= 11 is 1.58. The SMILES string of the molecule is CCNC(=O)CSc1ccccc1C. The largest absolute Gasteiger partial charge is 0.356 e. The van der Waals surface area contributed by atoms with E-state index in [1.54, 1.807) is 11.8 Å². The maximum Gasteiger partial charge on any atom is 0.230 e. The summed E-state index contributed by atoms with van der Waals surface area (Å²) < 4.78 is 0. The van der Waals surface area contributed by atoms with Crippen LogP contribution in [0.25, 0.3) is 0 Å². The van der Waals surface area contributed by atoms with Gasteiger partial charge in [0, 0.05) is 11.4 Å². The van der Waals surface area contributed by atoms with Crippen LogP contribution in [-0.2, 0) is 4.79 Å². The number of hydrogen-bond acceptors (Lipinski definition) is 2. The minimum atomic E-state index is 0.0979. The first-order valence-corrected chi connectivity index (χ1v) is 5.67. The van der Waals surface area contributed by atoms with Crippen LogP contribution in [-0.4, -0.2) is 18.2 Å². The van der Waals surface area contributed by atoms with Crippen molar-refractivity contribution in [2.45, 2.75) is 18.7 Å². The Morgan fingerprint density at radius 2 is 2.14 bits per heavy atom. The summed E-state index contributed by atoms with van der Waals surface area (Å²) in [6, 6.07) is 8.10. The van der Waals surface area contributed by atoms with E-state index in [1.807, 2.05) is 25.1 Å². The molecule has 0 radical (unpaired) electrons. The van der Waals surface area contributed by atoms with Gasteiger partial charge in [-0.3, -0.25) is 4.79 Å². The standard InChI is InChI=1S/C11H15NOS/c1-3-12-11(13)8-14-10-7-5-4-6-9(10)2/h4-7H,3,8H2,1-2H3,(H,12,13). The Morgan fingerprint density at radius 3 is 2.79 bits per heavy atom. The molecule has 0 heterocycles. The van der Waals surface area contributed by atoms with Gasteiger partial charge in [0.2, 0.25) is 5.91 Å². The van der Waals surface area contributed by atoms with E-state index in [4.69, 9.17) is 0 Å². The van der Waals surface area contributed by atoms with Crippen LogP contribution in [0.1, 0.15) is 12.5 Å². The Bertz CT molecular complexity index is 312. The molecule has 2 nitrogen and oxygen atoms in total. The van der Waals surface area contributed by atoms with Gasteiger partial charge in [-0.05, 0) is 25.5 Å². The van der Waals surface area contributed by atoms with E-state index in [0.29, 0.717) is 12.3 Å². The van der Waals surface area contributed by atoms with E-state index in [1.165, 1.54) is 10.5 Å². The van der Waals surface area contributed by atoms with Gasteiger partial charge in [-0.15, -0.1) is 11.8 Å². The fourth-order valence-electron chi connectivity index (χ4n) is 1.11. The van der Waals surface area contributed by atoms with Crippen molar-refractivity contribution < 1.29 is 4.79 Å². The van der Waals surface area contributed by atoms with Crippen LogP contribution in [0.2, 0.25) is 0 Å². The van der Waals surface area contributed by atoms with Crippen molar-refractivity contribution in [3.8, 4) is 0 Å². The number of benzene rings is 1. The second kappa shape index (κ2) is 5.70. The molecule has 14 heavy (non-hydrogen) atoms. The van der Waals surface area contributed by atoms with E-state index in [2.05, 4.69) is 18.3 Å². The highest BCUT2D eigenvalue weighted by Gasteiger charge is 2.02. The van der Waals surface area contributed by atoms with Crippen LogP contribution < -0.4 is 5.32 Å². The molecule has 0 saturated carbocycles. The molecule has 1 amide bonds. The van der Waals surface area contributed by atoms with E-state index in [0.717, 1.165) is 0 Å². The third-order valence-electron chi connectivity index (χ3n) is 1.83. The average Bonchev–Trinajstić information content (AvgIpc) is 2.17. The molecule has 0 aliphatic rings. The predicted molar refractivity (Wildman–Crippen MR) is 60.6 cm³/mol. The van der Waals surface area contributed by atoms with Crippen LogP contribution >= 0.6 is 11.8 Å². The Kier molecular flexibility index (Phi) is 4.53. The molecule has 0 atom stereocenters. The Morgan fingerprint density at radius 1 is 1.43 bits per heavy atom. The van der Waals surface area contributed by atoms with Gasteiger partial charge in [0.05, 0.1) is 5.75 Å². The van der Waals surface area contributed by atoms with Crippen LogP contribution in [0.5, 0.6) is 0 Å². The molecule has 0 bridgehead atoms. The van der Waals surface area contributed by atoms with Crippen molar-refractivity contribution in [1.82, 2.24) is 5.32 Å². The molecule has 0 spiro atoms. The second-order valence-corrected chi connectivity index (χ2v) is 4.02. The van der Waals surface area contributed by atoms with Gasteiger partial charge in [-0.25, -0.2) is 0 Å². The first-order chi connectivity index (χ1) is 6.74. The summed E-state index contributed by atoms with van der Waals surface area (Å²) in [5, 5.41) is 2.78. The fraction of sp³-hybridized carbons (Fsp3) is 0.364. The van der Waals surface area contributed by atoms with Crippen molar-refractivity contribution in [2.24, 2.45) is 0 Å². The highest BCUT2D eigenvalue weighted by molar-refractivity contribution is 8.00. The summed E-state index contributed by atoms with van der Waals surface area (Å²) in [6.45, 7) is 4.68. The van der Waals surface area contributed by atoms with E-state index in [9.17, 15) is 4.79 Å². The molecule has 0 aromatic heterocycles. The van der Waals surface area contributed by atoms with Crippen LogP contribution in [0.15, 0.2) is 29.2 Å². The smallest absolute Gasteiger partial charge is 0.230 e. The summed E-state index contributed by atoms with van der Waals surface area (Å²) in [7, 11) is 0. The molecule has 0 fully saturated rings. The third kappa shape index (κ3) is 3.42. The molecule has 1 aromatic carbocycles. The molecule has 0 aliphatic heterocycles. The lowest BCUT2D eigenvalue weighted by Crippen LogP contribution is -2.24. The zero-order chi connectivity index (χ0) is 10.4. The molecule has 3 heteroatoms. The molecule has 0 unspecified atom stereocenters. The topological polar surface area (TPSA) is 29.1 Å². The number of rotatable bonds is 4. The number of thioether (sulfide) groups is 1. The molecule has 1 rings (SSSR count). The number of carbonyl (C=O) groups is 1. The van der Waals surface area contributed by atoms with E-state index in [-0.39, 0.29) is 5.91 Å². The number of amides is 1. The van der Waals surface area contributed by atoms with Crippen LogP contribution in [0, 0.1) is 6.92 Å². The number of carbonyl (C=O) groups excluding carboxylic acids is 1. The Balaban J connectivity index is 2.46. The lowest BCUT2D eigenvalue weighted by Gasteiger charge is -2.04. The monoisotopic (exact) mass is 209 g/mol. The van der Waals surface area contributed by atoms with Gasteiger partial charge in [-0.2, -0.15) is 0 Å². The summed E-state index contributed by atoms with van der Waals surface area (Å²) in [6.07, 6.45) is 0. The number of aryl methyl sites for hydroxylation is 1. The quantitative estimate of drug-likeness (QED) is 0.770. The molecule has 0 aliphatic carbocycles. The maximum absolute atomic E-state index is 11.2. The second-order valence-electron chi connectivity index (χ2n) is 3.01. The Hall–Kier alpha value is -0.960.